The van der Waals surface area contributed by atoms with Gasteiger partial charge in [0.05, 0.1) is 17.3 Å². The van der Waals surface area contributed by atoms with Crippen LogP contribution >= 0.6 is 0 Å². The molecule has 234 valence electrons. The van der Waals surface area contributed by atoms with Gasteiger partial charge in [0.25, 0.3) is 11.8 Å². The quantitative estimate of drug-likeness (QED) is 0.216. The van der Waals surface area contributed by atoms with E-state index in [2.05, 4.69) is 57.2 Å². The van der Waals surface area contributed by atoms with Gasteiger partial charge >= 0.3 is 0 Å². The number of hydrogen-bond donors (Lipinski definition) is 0. The van der Waals surface area contributed by atoms with Crippen molar-refractivity contribution in [2.24, 2.45) is 11.8 Å². The van der Waals surface area contributed by atoms with Gasteiger partial charge in [-0.15, -0.1) is 0 Å². The molecule has 3 aromatic carbocycles. The summed E-state index contributed by atoms with van der Waals surface area (Å²) < 4.78 is 0. The van der Waals surface area contributed by atoms with E-state index in [1.807, 2.05) is 39.0 Å². The maximum atomic E-state index is 14.0. The van der Waals surface area contributed by atoms with Crippen molar-refractivity contribution in [1.29, 1.82) is 0 Å². The Morgan fingerprint density at radius 3 is 1.53 bits per heavy atom. The number of carbonyl (C=O) groups is 4. The topological polar surface area (TPSA) is 74.8 Å². The van der Waals surface area contributed by atoms with Crippen molar-refractivity contribution in [3.05, 3.63) is 106 Å². The second-order valence-electron chi connectivity index (χ2n) is 12.4. The third kappa shape index (κ3) is 6.03. The SMILES string of the molecule is CCc1cc(Cc2cc(CC)c(N3C(=O)C(C)C(CC(C)c4ccccc4)C3=O)c(CC)c2)cc(CC)c1N1C(=O)C=CC1=O. The average molecular weight is 605 g/mol. The van der Waals surface area contributed by atoms with Crippen molar-refractivity contribution in [3.8, 4) is 0 Å². The van der Waals surface area contributed by atoms with E-state index in [0.29, 0.717) is 44.2 Å². The highest BCUT2D eigenvalue weighted by atomic mass is 16.2. The lowest BCUT2D eigenvalue weighted by Crippen LogP contribution is -2.33. The minimum atomic E-state index is -0.374. The summed E-state index contributed by atoms with van der Waals surface area (Å²) in [5, 5.41) is 0. The molecule has 1 saturated heterocycles. The molecule has 3 atom stereocenters. The van der Waals surface area contributed by atoms with Crippen LogP contribution in [-0.2, 0) is 51.3 Å². The number of rotatable bonds is 11. The van der Waals surface area contributed by atoms with Crippen LogP contribution < -0.4 is 9.80 Å². The monoisotopic (exact) mass is 604 g/mol. The average Bonchev–Trinajstić information content (AvgIpc) is 3.49. The lowest BCUT2D eigenvalue weighted by Gasteiger charge is -2.24. The smallest absolute Gasteiger partial charge is 0.258 e. The fourth-order valence-electron chi connectivity index (χ4n) is 7.07. The summed E-state index contributed by atoms with van der Waals surface area (Å²) >= 11 is 0. The summed E-state index contributed by atoms with van der Waals surface area (Å²) in [5.41, 5.74) is 8.80. The highest BCUT2D eigenvalue weighted by molar-refractivity contribution is 6.28. The van der Waals surface area contributed by atoms with E-state index in [1.165, 1.54) is 27.5 Å². The van der Waals surface area contributed by atoms with Crippen LogP contribution in [0.25, 0.3) is 0 Å². The first-order chi connectivity index (χ1) is 21.6. The Labute approximate surface area is 267 Å². The molecule has 2 aliphatic heterocycles. The van der Waals surface area contributed by atoms with Gasteiger partial charge in [-0.2, -0.15) is 0 Å². The third-order valence-electron chi connectivity index (χ3n) is 9.57. The molecule has 0 spiro atoms. The molecule has 0 radical (unpaired) electrons. The van der Waals surface area contributed by atoms with Crippen LogP contribution in [0.4, 0.5) is 11.4 Å². The van der Waals surface area contributed by atoms with Gasteiger partial charge in [0.1, 0.15) is 0 Å². The molecule has 6 nitrogen and oxygen atoms in total. The first kappa shape index (κ1) is 32.1. The number of amides is 4. The first-order valence-electron chi connectivity index (χ1n) is 16.4. The lowest BCUT2D eigenvalue weighted by atomic mass is 9.85. The molecule has 45 heavy (non-hydrogen) atoms. The summed E-state index contributed by atoms with van der Waals surface area (Å²) in [7, 11) is 0. The maximum Gasteiger partial charge on any atom is 0.258 e. The van der Waals surface area contributed by atoms with Crippen molar-refractivity contribution < 1.29 is 19.2 Å². The van der Waals surface area contributed by atoms with Gasteiger partial charge in [-0.05, 0) is 83.4 Å². The molecule has 0 aliphatic carbocycles. The Hall–Kier alpha value is -4.32. The van der Waals surface area contributed by atoms with Gasteiger partial charge in [-0.1, -0.05) is 96.1 Å². The number of aryl methyl sites for hydroxylation is 4. The van der Waals surface area contributed by atoms with E-state index < -0.39 is 0 Å². The van der Waals surface area contributed by atoms with Crippen LogP contribution in [0.2, 0.25) is 0 Å². The molecule has 1 fully saturated rings. The van der Waals surface area contributed by atoms with Crippen LogP contribution in [0, 0.1) is 11.8 Å². The predicted octanol–water partition coefficient (Wildman–Crippen LogP) is 7.28. The molecule has 6 heteroatoms. The Morgan fingerprint density at radius 2 is 1.09 bits per heavy atom. The van der Waals surface area contributed by atoms with Crippen molar-refractivity contribution in [2.75, 3.05) is 9.80 Å². The van der Waals surface area contributed by atoms with Gasteiger partial charge in [0.15, 0.2) is 0 Å². The molecular weight excluding hydrogens is 560 g/mol. The highest BCUT2D eigenvalue weighted by Gasteiger charge is 2.47. The fourth-order valence-corrected chi connectivity index (χ4v) is 7.07. The summed E-state index contributed by atoms with van der Waals surface area (Å²) in [5.74, 6) is -1.37. The molecule has 3 unspecified atom stereocenters. The molecule has 5 rings (SSSR count). The van der Waals surface area contributed by atoms with Crippen LogP contribution in [0.15, 0.2) is 66.7 Å². The van der Waals surface area contributed by atoms with Crippen LogP contribution in [0.5, 0.6) is 0 Å². The summed E-state index contributed by atoms with van der Waals surface area (Å²) in [6.45, 7) is 12.3. The van der Waals surface area contributed by atoms with Crippen molar-refractivity contribution in [2.45, 2.75) is 86.0 Å². The number of anilines is 2. The summed E-state index contributed by atoms with van der Waals surface area (Å²) in [6.07, 6.45) is 6.72. The van der Waals surface area contributed by atoms with Gasteiger partial charge < -0.3 is 0 Å². The highest BCUT2D eigenvalue weighted by Crippen LogP contribution is 2.40. The number of imide groups is 2. The lowest BCUT2D eigenvalue weighted by molar-refractivity contribution is -0.123. The molecular formula is C39H44N2O4. The maximum absolute atomic E-state index is 14.0. The Bertz CT molecular complexity index is 1600. The number of carbonyl (C=O) groups excluding carboxylic acids is 4. The Kier molecular flexibility index (Phi) is 9.52. The molecule has 0 N–H and O–H groups in total. The van der Waals surface area contributed by atoms with Gasteiger partial charge in [-0.25, -0.2) is 9.80 Å². The van der Waals surface area contributed by atoms with Crippen LogP contribution in [0.3, 0.4) is 0 Å². The minimum absolute atomic E-state index is 0.0938. The zero-order valence-electron chi connectivity index (χ0n) is 27.4. The number of hydrogen-bond acceptors (Lipinski definition) is 4. The fraction of sp³-hybridized carbons (Fsp3) is 0.385. The van der Waals surface area contributed by atoms with E-state index >= 15 is 0 Å². The third-order valence-corrected chi connectivity index (χ3v) is 9.57. The minimum Gasteiger partial charge on any atom is -0.274 e. The van der Waals surface area contributed by atoms with Gasteiger partial charge in [-0.3, -0.25) is 19.2 Å². The molecule has 0 bridgehead atoms. The Morgan fingerprint density at radius 1 is 0.644 bits per heavy atom. The van der Waals surface area contributed by atoms with E-state index in [4.69, 9.17) is 0 Å². The molecule has 2 heterocycles. The predicted molar refractivity (Wildman–Crippen MR) is 179 cm³/mol. The number of nitrogens with zero attached hydrogens (tertiary/aromatic N) is 2. The number of benzene rings is 3. The van der Waals surface area contributed by atoms with Crippen LogP contribution in [-0.4, -0.2) is 23.6 Å². The van der Waals surface area contributed by atoms with Crippen LogP contribution in [0.1, 0.15) is 92.8 Å². The molecule has 4 amide bonds. The molecule has 0 aromatic heterocycles. The normalized spacial score (nSPS) is 18.9. The van der Waals surface area contributed by atoms with Crippen molar-refractivity contribution >= 4 is 35.0 Å². The second kappa shape index (κ2) is 13.4. The van der Waals surface area contributed by atoms with Crippen molar-refractivity contribution in [1.82, 2.24) is 0 Å². The Balaban J connectivity index is 1.47. The van der Waals surface area contributed by atoms with E-state index in [9.17, 15) is 19.2 Å². The van der Waals surface area contributed by atoms with Gasteiger partial charge in [0, 0.05) is 18.1 Å². The van der Waals surface area contributed by atoms with Crippen molar-refractivity contribution in [3.63, 3.8) is 0 Å². The van der Waals surface area contributed by atoms with E-state index in [0.717, 1.165) is 39.1 Å². The van der Waals surface area contributed by atoms with E-state index in [-0.39, 0.29) is 41.4 Å². The zero-order chi connectivity index (χ0) is 32.4. The second-order valence-corrected chi connectivity index (χ2v) is 12.4. The molecule has 2 aliphatic rings. The van der Waals surface area contributed by atoms with E-state index in [1.54, 1.807) is 0 Å². The van der Waals surface area contributed by atoms with Gasteiger partial charge in [0.2, 0.25) is 11.8 Å². The zero-order valence-corrected chi connectivity index (χ0v) is 27.4. The molecule has 3 aromatic rings. The molecule has 0 saturated carbocycles. The largest absolute Gasteiger partial charge is 0.274 e. The summed E-state index contributed by atoms with van der Waals surface area (Å²) in [6, 6.07) is 18.7. The first-order valence-corrected chi connectivity index (χ1v) is 16.4. The standard InChI is InChI=1S/C39H44N2O4/c1-7-28-20-26(21-29(8-2)36(28)40-34(42)16-17-35(40)43)19-27-22-30(9-3)37(31(10-4)23-27)41-38(44)25(6)33(39(41)45)18-24(5)32-14-12-11-13-15-32/h11-17,20-25,33H,7-10,18-19H2,1-6H3. The summed E-state index contributed by atoms with van der Waals surface area (Å²) in [4.78, 5) is 55.6.